The number of amides is 2. The molecule has 1 aromatic carbocycles. The van der Waals surface area contributed by atoms with Crippen LogP contribution in [0.1, 0.15) is 11.1 Å². The Balaban J connectivity index is 2.03. The number of ether oxygens (including phenoxy) is 1. The number of rotatable bonds is 1. The Morgan fingerprint density at radius 1 is 1.45 bits per heavy atom. The summed E-state index contributed by atoms with van der Waals surface area (Å²) in [4.78, 5) is 13.8. The summed E-state index contributed by atoms with van der Waals surface area (Å²) in [7, 11) is 0. The number of nitrogens with one attached hydrogen (secondary N) is 1. The Kier molecular flexibility index (Phi) is 4.99. The second-order valence-corrected chi connectivity index (χ2v) is 4.57. The van der Waals surface area contributed by atoms with Gasteiger partial charge in [-0.3, -0.25) is 0 Å². The summed E-state index contributed by atoms with van der Waals surface area (Å²) < 4.78 is 5.23. The van der Waals surface area contributed by atoms with Crippen LogP contribution in [0.25, 0.3) is 0 Å². The monoisotopic (exact) mass is 273 g/mol. The van der Waals surface area contributed by atoms with Crippen LogP contribution in [0.15, 0.2) is 18.2 Å². The molecule has 1 fully saturated rings. The third kappa shape index (κ3) is 3.73. The van der Waals surface area contributed by atoms with Crippen molar-refractivity contribution in [3.8, 4) is 11.8 Å². The third-order valence-corrected chi connectivity index (χ3v) is 3.10. The molecule has 0 bridgehead atoms. The zero-order chi connectivity index (χ0) is 14.4. The summed E-state index contributed by atoms with van der Waals surface area (Å²) in [5, 5.41) is 2.92. The van der Waals surface area contributed by atoms with Crippen molar-refractivity contribution in [2.45, 2.75) is 6.92 Å². The van der Waals surface area contributed by atoms with Crippen molar-refractivity contribution in [3.05, 3.63) is 29.3 Å². The summed E-state index contributed by atoms with van der Waals surface area (Å²) in [6, 6.07) is 5.60. The van der Waals surface area contributed by atoms with Crippen molar-refractivity contribution in [2.75, 3.05) is 38.2 Å². The van der Waals surface area contributed by atoms with Gasteiger partial charge in [0, 0.05) is 24.3 Å². The summed E-state index contributed by atoms with van der Waals surface area (Å²) in [6.07, 6.45) is 0. The molecule has 3 N–H and O–H groups in total. The van der Waals surface area contributed by atoms with E-state index in [9.17, 15) is 4.79 Å². The Morgan fingerprint density at radius 3 is 2.85 bits per heavy atom. The molecule has 5 heteroatoms. The number of nitrogens with two attached hydrogens (primary N) is 1. The molecule has 1 heterocycles. The molecule has 0 radical (unpaired) electrons. The lowest BCUT2D eigenvalue weighted by Crippen LogP contribution is -2.43. The molecule has 1 aliphatic heterocycles. The highest BCUT2D eigenvalue weighted by Crippen LogP contribution is 2.17. The average Bonchev–Trinajstić information content (AvgIpc) is 2.48. The summed E-state index contributed by atoms with van der Waals surface area (Å²) >= 11 is 0. The Morgan fingerprint density at radius 2 is 2.20 bits per heavy atom. The molecule has 0 atom stereocenters. The number of benzene rings is 1. The van der Waals surface area contributed by atoms with E-state index >= 15 is 0 Å². The standard InChI is InChI=1S/C15H19N3O2/c1-12-11-13(3-2-6-16)4-5-14(12)17-15(19)18-7-9-20-10-8-18/h4-5,11H,6-10,16H2,1H3,(H,17,19). The van der Waals surface area contributed by atoms with E-state index in [1.54, 1.807) is 4.90 Å². The Labute approximate surface area is 119 Å². The van der Waals surface area contributed by atoms with E-state index in [1.165, 1.54) is 0 Å². The van der Waals surface area contributed by atoms with Crippen LogP contribution < -0.4 is 11.1 Å². The Bertz CT molecular complexity index is 540. The fraction of sp³-hybridized carbons (Fsp3) is 0.400. The van der Waals surface area contributed by atoms with Gasteiger partial charge >= 0.3 is 6.03 Å². The van der Waals surface area contributed by atoms with Crippen LogP contribution in [0.4, 0.5) is 10.5 Å². The van der Waals surface area contributed by atoms with Crippen molar-refractivity contribution in [3.63, 3.8) is 0 Å². The van der Waals surface area contributed by atoms with E-state index < -0.39 is 0 Å². The maximum atomic E-state index is 12.1. The van der Waals surface area contributed by atoms with E-state index in [4.69, 9.17) is 10.5 Å². The smallest absolute Gasteiger partial charge is 0.322 e. The first-order valence-electron chi connectivity index (χ1n) is 6.64. The van der Waals surface area contributed by atoms with E-state index in [0.717, 1.165) is 16.8 Å². The van der Waals surface area contributed by atoms with Gasteiger partial charge in [-0.05, 0) is 30.7 Å². The highest BCUT2D eigenvalue weighted by atomic mass is 16.5. The van der Waals surface area contributed by atoms with Gasteiger partial charge in [-0.15, -0.1) is 0 Å². The molecule has 5 nitrogen and oxygen atoms in total. The number of urea groups is 1. The number of nitrogens with zero attached hydrogens (tertiary/aromatic N) is 1. The molecular weight excluding hydrogens is 254 g/mol. The quantitative estimate of drug-likeness (QED) is 0.755. The molecule has 0 unspecified atom stereocenters. The molecule has 2 amide bonds. The molecule has 2 rings (SSSR count). The number of aryl methyl sites for hydroxylation is 1. The topological polar surface area (TPSA) is 67.6 Å². The fourth-order valence-electron chi connectivity index (χ4n) is 2.00. The summed E-state index contributed by atoms with van der Waals surface area (Å²) in [5.74, 6) is 5.79. The normalized spacial score (nSPS) is 14.4. The van der Waals surface area contributed by atoms with Crippen LogP contribution in [0.3, 0.4) is 0 Å². The van der Waals surface area contributed by atoms with Crippen molar-refractivity contribution in [1.29, 1.82) is 0 Å². The van der Waals surface area contributed by atoms with Gasteiger partial charge in [-0.2, -0.15) is 0 Å². The second kappa shape index (κ2) is 6.94. The number of hydrogen-bond donors (Lipinski definition) is 2. The molecular formula is C15H19N3O2. The average molecular weight is 273 g/mol. The largest absolute Gasteiger partial charge is 0.378 e. The molecule has 0 aliphatic carbocycles. The molecule has 0 aromatic heterocycles. The molecule has 1 aromatic rings. The molecule has 1 saturated heterocycles. The molecule has 0 saturated carbocycles. The van der Waals surface area contributed by atoms with Crippen LogP contribution in [0.2, 0.25) is 0 Å². The molecule has 1 aliphatic rings. The maximum Gasteiger partial charge on any atom is 0.322 e. The highest BCUT2D eigenvalue weighted by molar-refractivity contribution is 5.90. The van der Waals surface area contributed by atoms with E-state index in [1.807, 2.05) is 25.1 Å². The van der Waals surface area contributed by atoms with Gasteiger partial charge < -0.3 is 20.7 Å². The number of anilines is 1. The van der Waals surface area contributed by atoms with Gasteiger partial charge in [-0.25, -0.2) is 4.79 Å². The van der Waals surface area contributed by atoms with E-state index in [2.05, 4.69) is 17.2 Å². The van der Waals surface area contributed by atoms with Crippen molar-refractivity contribution in [2.24, 2.45) is 5.73 Å². The van der Waals surface area contributed by atoms with E-state index in [0.29, 0.717) is 32.8 Å². The maximum absolute atomic E-state index is 12.1. The van der Waals surface area contributed by atoms with Gasteiger partial charge in [0.2, 0.25) is 0 Å². The first kappa shape index (κ1) is 14.4. The third-order valence-electron chi connectivity index (χ3n) is 3.10. The fourth-order valence-corrected chi connectivity index (χ4v) is 2.00. The van der Waals surface area contributed by atoms with Gasteiger partial charge in [0.25, 0.3) is 0 Å². The number of morpholine rings is 1. The lowest BCUT2D eigenvalue weighted by molar-refractivity contribution is 0.0564. The van der Waals surface area contributed by atoms with Crippen molar-refractivity contribution < 1.29 is 9.53 Å². The highest BCUT2D eigenvalue weighted by Gasteiger charge is 2.17. The number of hydrogen-bond acceptors (Lipinski definition) is 3. The zero-order valence-corrected chi connectivity index (χ0v) is 11.6. The molecule has 0 spiro atoms. The number of carbonyl (C=O) groups excluding carboxylic acids is 1. The Hall–Kier alpha value is -2.03. The van der Waals surface area contributed by atoms with E-state index in [-0.39, 0.29) is 6.03 Å². The summed E-state index contributed by atoms with van der Waals surface area (Å²) in [5.41, 5.74) is 8.03. The van der Waals surface area contributed by atoms with Crippen LogP contribution in [-0.4, -0.2) is 43.8 Å². The predicted octanol–water partition coefficient (Wildman–Crippen LogP) is 1.17. The van der Waals surface area contributed by atoms with Crippen molar-refractivity contribution in [1.82, 2.24) is 4.90 Å². The second-order valence-electron chi connectivity index (χ2n) is 4.57. The SMILES string of the molecule is Cc1cc(C#CCN)ccc1NC(=O)N1CCOCC1. The minimum absolute atomic E-state index is 0.0859. The minimum Gasteiger partial charge on any atom is -0.378 e. The number of carbonyl (C=O) groups is 1. The van der Waals surface area contributed by atoms with Crippen LogP contribution >= 0.6 is 0 Å². The van der Waals surface area contributed by atoms with Crippen LogP contribution in [0.5, 0.6) is 0 Å². The first-order chi connectivity index (χ1) is 9.70. The van der Waals surface area contributed by atoms with Crippen LogP contribution in [-0.2, 0) is 4.74 Å². The van der Waals surface area contributed by atoms with Crippen molar-refractivity contribution >= 4 is 11.7 Å². The molecule has 20 heavy (non-hydrogen) atoms. The minimum atomic E-state index is -0.0859. The van der Waals surface area contributed by atoms with Gasteiger partial charge in [0.1, 0.15) is 0 Å². The lowest BCUT2D eigenvalue weighted by Gasteiger charge is -2.27. The summed E-state index contributed by atoms with van der Waals surface area (Å²) in [6.45, 7) is 4.74. The zero-order valence-electron chi connectivity index (χ0n) is 11.6. The van der Waals surface area contributed by atoms with Gasteiger partial charge in [-0.1, -0.05) is 11.8 Å². The predicted molar refractivity (Wildman–Crippen MR) is 78.5 cm³/mol. The molecule has 106 valence electrons. The van der Waals surface area contributed by atoms with Gasteiger partial charge in [0.15, 0.2) is 0 Å². The van der Waals surface area contributed by atoms with Gasteiger partial charge in [0.05, 0.1) is 19.8 Å². The van der Waals surface area contributed by atoms with Crippen LogP contribution in [0, 0.1) is 18.8 Å². The first-order valence-corrected chi connectivity index (χ1v) is 6.64. The lowest BCUT2D eigenvalue weighted by atomic mass is 10.1.